The summed E-state index contributed by atoms with van der Waals surface area (Å²) in [5.41, 5.74) is 0.717. The number of nitrogens with zero attached hydrogens (tertiary/aromatic N) is 3. The molecule has 2 N–H and O–H groups in total. The zero-order valence-corrected chi connectivity index (χ0v) is 16.9. The zero-order chi connectivity index (χ0) is 21.4. The zero-order valence-electron chi connectivity index (χ0n) is 16.1. The van der Waals surface area contributed by atoms with Crippen LogP contribution in [-0.2, 0) is 0 Å². The van der Waals surface area contributed by atoms with E-state index in [-0.39, 0.29) is 33.8 Å². The summed E-state index contributed by atoms with van der Waals surface area (Å²) in [6, 6.07) is 5.10. The minimum Gasteiger partial charge on any atom is -0.349 e. The highest BCUT2D eigenvalue weighted by Gasteiger charge is 2.27. The number of benzene rings is 1. The van der Waals surface area contributed by atoms with Crippen LogP contribution in [0.5, 0.6) is 0 Å². The standard InChI is InChI=1S/C20H19ClFN5O3/c1-11-10-27-17(19(29)23-11)9-16(25-27)20(30)26-6-4-13(5-7-26)24-18(28)14-8-12(21)2-3-15(14)22/h2-3,8-10,13H,4-7H2,1H3,(H,23,29)(H,24,28). The lowest BCUT2D eigenvalue weighted by atomic mass is 10.0. The third-order valence-corrected chi connectivity index (χ3v) is 5.34. The van der Waals surface area contributed by atoms with Crippen LogP contribution in [-0.4, -0.2) is 50.4 Å². The molecule has 3 aromatic rings. The topological polar surface area (TPSA) is 99.6 Å². The highest BCUT2D eigenvalue weighted by molar-refractivity contribution is 6.31. The average Bonchev–Trinajstić information content (AvgIpc) is 3.14. The molecule has 4 rings (SSSR count). The Kier molecular flexibility index (Phi) is 5.29. The van der Waals surface area contributed by atoms with E-state index in [4.69, 9.17) is 11.6 Å². The van der Waals surface area contributed by atoms with Gasteiger partial charge in [0.2, 0.25) is 0 Å². The molecule has 3 heterocycles. The summed E-state index contributed by atoms with van der Waals surface area (Å²) in [5.74, 6) is -1.45. The number of carbonyl (C=O) groups excluding carboxylic acids is 2. The predicted octanol–water partition coefficient (Wildman–Crippen LogP) is 2.16. The van der Waals surface area contributed by atoms with Gasteiger partial charge in [0.25, 0.3) is 17.4 Å². The van der Waals surface area contributed by atoms with Crippen molar-refractivity contribution < 1.29 is 14.0 Å². The van der Waals surface area contributed by atoms with E-state index in [1.165, 1.54) is 22.7 Å². The lowest BCUT2D eigenvalue weighted by Gasteiger charge is -2.32. The Morgan fingerprint density at radius 1 is 1.27 bits per heavy atom. The number of carbonyl (C=O) groups is 2. The smallest absolute Gasteiger partial charge is 0.274 e. The van der Waals surface area contributed by atoms with E-state index in [1.807, 2.05) is 0 Å². The van der Waals surface area contributed by atoms with Gasteiger partial charge in [0.05, 0.1) is 5.56 Å². The molecule has 0 bridgehead atoms. The quantitative estimate of drug-likeness (QED) is 0.663. The second-order valence-corrected chi connectivity index (χ2v) is 7.73. The van der Waals surface area contributed by atoms with Gasteiger partial charge in [0, 0.05) is 42.1 Å². The number of amides is 2. The predicted molar refractivity (Wildman–Crippen MR) is 108 cm³/mol. The van der Waals surface area contributed by atoms with Crippen LogP contribution < -0.4 is 10.9 Å². The Labute approximate surface area is 175 Å². The average molecular weight is 432 g/mol. The lowest BCUT2D eigenvalue weighted by Crippen LogP contribution is -2.46. The van der Waals surface area contributed by atoms with Gasteiger partial charge < -0.3 is 15.2 Å². The molecule has 0 radical (unpaired) electrons. The number of halogens is 2. The largest absolute Gasteiger partial charge is 0.349 e. The molecule has 0 aliphatic carbocycles. The van der Waals surface area contributed by atoms with Gasteiger partial charge in [-0.15, -0.1) is 0 Å². The monoisotopic (exact) mass is 431 g/mol. The number of likely N-dealkylation sites (tertiary alicyclic amines) is 1. The van der Waals surface area contributed by atoms with E-state index in [1.54, 1.807) is 18.0 Å². The summed E-state index contributed by atoms with van der Waals surface area (Å²) in [6.45, 7) is 2.55. The molecular formula is C20H19ClFN5O3. The number of aromatic amines is 1. The van der Waals surface area contributed by atoms with Crippen molar-refractivity contribution in [2.75, 3.05) is 13.1 Å². The minimum atomic E-state index is -0.637. The summed E-state index contributed by atoms with van der Waals surface area (Å²) >= 11 is 5.84. The first-order chi connectivity index (χ1) is 14.3. The number of piperidine rings is 1. The third kappa shape index (κ3) is 3.93. The maximum atomic E-state index is 13.9. The van der Waals surface area contributed by atoms with E-state index in [2.05, 4.69) is 15.4 Å². The lowest BCUT2D eigenvalue weighted by molar-refractivity contribution is 0.0692. The summed E-state index contributed by atoms with van der Waals surface area (Å²) in [5, 5.41) is 7.29. The van der Waals surface area contributed by atoms with Gasteiger partial charge >= 0.3 is 0 Å². The highest BCUT2D eigenvalue weighted by Crippen LogP contribution is 2.18. The third-order valence-electron chi connectivity index (χ3n) is 5.10. The number of aryl methyl sites for hydroxylation is 1. The molecule has 30 heavy (non-hydrogen) atoms. The first-order valence-electron chi connectivity index (χ1n) is 9.46. The molecule has 1 fully saturated rings. The molecule has 1 aliphatic rings. The number of H-pyrrole nitrogens is 1. The van der Waals surface area contributed by atoms with Gasteiger partial charge in [-0.2, -0.15) is 5.10 Å². The van der Waals surface area contributed by atoms with Crippen molar-refractivity contribution in [3.63, 3.8) is 0 Å². The molecule has 8 nitrogen and oxygen atoms in total. The summed E-state index contributed by atoms with van der Waals surface area (Å²) in [6.07, 6.45) is 2.68. The van der Waals surface area contributed by atoms with E-state index >= 15 is 0 Å². The fourth-order valence-electron chi connectivity index (χ4n) is 3.55. The van der Waals surface area contributed by atoms with Crippen LogP contribution in [0, 0.1) is 12.7 Å². The summed E-state index contributed by atoms with van der Waals surface area (Å²) < 4.78 is 15.3. The van der Waals surface area contributed by atoms with Crippen molar-refractivity contribution in [3.8, 4) is 0 Å². The van der Waals surface area contributed by atoms with Crippen molar-refractivity contribution >= 4 is 28.9 Å². The molecule has 0 saturated carbocycles. The van der Waals surface area contributed by atoms with Gasteiger partial charge in [-0.1, -0.05) is 11.6 Å². The maximum absolute atomic E-state index is 13.9. The van der Waals surface area contributed by atoms with Gasteiger partial charge in [0.1, 0.15) is 11.3 Å². The van der Waals surface area contributed by atoms with Gasteiger partial charge in [-0.05, 0) is 38.0 Å². The number of fused-ring (bicyclic) bond motifs is 1. The Balaban J connectivity index is 1.40. The van der Waals surface area contributed by atoms with Crippen molar-refractivity contribution in [1.29, 1.82) is 0 Å². The molecule has 0 unspecified atom stereocenters. The Bertz CT molecular complexity index is 1200. The maximum Gasteiger partial charge on any atom is 0.274 e. The van der Waals surface area contributed by atoms with Crippen LogP contribution in [0.15, 0.2) is 35.3 Å². The summed E-state index contributed by atoms with van der Waals surface area (Å²) in [7, 11) is 0. The van der Waals surface area contributed by atoms with Crippen molar-refractivity contribution in [2.45, 2.75) is 25.8 Å². The first-order valence-corrected chi connectivity index (χ1v) is 9.84. The van der Waals surface area contributed by atoms with Gasteiger partial charge in [-0.25, -0.2) is 8.91 Å². The number of aromatic nitrogens is 3. The molecule has 2 aromatic heterocycles. The second kappa shape index (κ2) is 7.91. The second-order valence-electron chi connectivity index (χ2n) is 7.29. The minimum absolute atomic E-state index is 0.105. The van der Waals surface area contributed by atoms with E-state index in [9.17, 15) is 18.8 Å². The molecule has 0 atom stereocenters. The number of rotatable bonds is 3. The first kappa shape index (κ1) is 20.1. The van der Waals surface area contributed by atoms with Crippen LogP contribution in [0.25, 0.3) is 5.52 Å². The van der Waals surface area contributed by atoms with E-state index < -0.39 is 11.7 Å². The molecule has 10 heteroatoms. The molecule has 2 amide bonds. The van der Waals surface area contributed by atoms with Crippen molar-refractivity contribution in [1.82, 2.24) is 24.8 Å². The highest BCUT2D eigenvalue weighted by atomic mass is 35.5. The summed E-state index contributed by atoms with van der Waals surface area (Å²) in [4.78, 5) is 41.4. The SMILES string of the molecule is Cc1cn2nc(C(=O)N3CCC(NC(=O)c4cc(Cl)ccc4F)CC3)cc2c(=O)[nH]1. The van der Waals surface area contributed by atoms with Gasteiger partial charge in [0.15, 0.2) is 5.69 Å². The molecule has 0 spiro atoms. The van der Waals surface area contributed by atoms with E-state index in [0.29, 0.717) is 37.1 Å². The van der Waals surface area contributed by atoms with Crippen molar-refractivity contribution in [3.05, 3.63) is 68.6 Å². The molecular weight excluding hydrogens is 413 g/mol. The fourth-order valence-corrected chi connectivity index (χ4v) is 3.72. The normalized spacial score (nSPS) is 14.8. The fraction of sp³-hybridized carbons (Fsp3) is 0.300. The van der Waals surface area contributed by atoms with Crippen LogP contribution in [0.2, 0.25) is 5.02 Å². The number of nitrogens with one attached hydrogen (secondary N) is 2. The van der Waals surface area contributed by atoms with Crippen LogP contribution in [0.4, 0.5) is 4.39 Å². The molecule has 1 aromatic carbocycles. The van der Waals surface area contributed by atoms with E-state index in [0.717, 1.165) is 6.07 Å². The Hall–Kier alpha value is -3.20. The Morgan fingerprint density at radius 2 is 2.00 bits per heavy atom. The molecule has 156 valence electrons. The number of hydrogen-bond donors (Lipinski definition) is 2. The van der Waals surface area contributed by atoms with Gasteiger partial charge in [-0.3, -0.25) is 14.4 Å². The van der Waals surface area contributed by atoms with Crippen LogP contribution in [0.1, 0.15) is 39.4 Å². The van der Waals surface area contributed by atoms with Crippen molar-refractivity contribution in [2.24, 2.45) is 0 Å². The number of hydrogen-bond acceptors (Lipinski definition) is 4. The van der Waals surface area contributed by atoms with Crippen LogP contribution >= 0.6 is 11.6 Å². The molecule has 1 aliphatic heterocycles. The molecule has 1 saturated heterocycles. The van der Waals surface area contributed by atoms with Crippen LogP contribution in [0.3, 0.4) is 0 Å². The Morgan fingerprint density at radius 3 is 2.73 bits per heavy atom.